The highest BCUT2D eigenvalue weighted by molar-refractivity contribution is 7.80. The predicted molar refractivity (Wildman–Crippen MR) is 69.6 cm³/mol. The van der Waals surface area contributed by atoms with Crippen molar-refractivity contribution in [3.8, 4) is 0 Å². The van der Waals surface area contributed by atoms with Crippen molar-refractivity contribution >= 4 is 23.5 Å². The van der Waals surface area contributed by atoms with E-state index in [9.17, 15) is 0 Å². The molecule has 0 fully saturated rings. The van der Waals surface area contributed by atoms with E-state index in [1.54, 1.807) is 13.3 Å². The van der Waals surface area contributed by atoms with Crippen LogP contribution in [0.2, 0.25) is 0 Å². The van der Waals surface area contributed by atoms with Gasteiger partial charge < -0.3 is 10.1 Å². The van der Waals surface area contributed by atoms with Gasteiger partial charge in [-0.05, 0) is 17.8 Å². The second-order valence-corrected chi connectivity index (χ2v) is 3.44. The van der Waals surface area contributed by atoms with Crippen LogP contribution in [0, 0.1) is 0 Å². The number of thiocarbonyl (C=S) groups is 1. The van der Waals surface area contributed by atoms with Crippen LogP contribution in [-0.2, 0) is 4.74 Å². The Hall–Kier alpha value is -1.46. The molecule has 0 aliphatic carbocycles. The molecule has 0 spiro atoms. The standard InChI is InChI=1S/C11H15N3OS/c1-15-8-7-12-11(16)14-13-9-10-5-3-2-4-6-10/h2-6,9H,7-8H2,1H3,(H2,12,14,16). The number of rotatable bonds is 5. The van der Waals surface area contributed by atoms with E-state index in [1.807, 2.05) is 30.3 Å². The molecule has 4 nitrogen and oxygen atoms in total. The SMILES string of the molecule is COCCNC(=S)NN=Cc1ccccc1. The summed E-state index contributed by atoms with van der Waals surface area (Å²) in [6.45, 7) is 1.29. The lowest BCUT2D eigenvalue weighted by Crippen LogP contribution is -2.34. The van der Waals surface area contributed by atoms with Crippen LogP contribution in [0.15, 0.2) is 35.4 Å². The molecule has 0 bridgehead atoms. The van der Waals surface area contributed by atoms with Gasteiger partial charge in [0.05, 0.1) is 12.8 Å². The number of benzene rings is 1. The van der Waals surface area contributed by atoms with Gasteiger partial charge >= 0.3 is 0 Å². The Bertz CT molecular complexity index is 340. The summed E-state index contributed by atoms with van der Waals surface area (Å²) in [5, 5.41) is 7.44. The molecule has 0 saturated heterocycles. The maximum absolute atomic E-state index is 4.99. The van der Waals surface area contributed by atoms with Crippen LogP contribution in [0.25, 0.3) is 0 Å². The first-order valence-corrected chi connectivity index (χ1v) is 5.34. The summed E-state index contributed by atoms with van der Waals surface area (Å²) < 4.78 is 4.88. The van der Waals surface area contributed by atoms with Crippen LogP contribution in [0.1, 0.15) is 5.56 Å². The van der Waals surface area contributed by atoms with Crippen molar-refractivity contribution < 1.29 is 4.74 Å². The lowest BCUT2D eigenvalue weighted by atomic mass is 10.2. The van der Waals surface area contributed by atoms with E-state index in [2.05, 4.69) is 15.8 Å². The third kappa shape index (κ3) is 5.43. The molecule has 0 saturated carbocycles. The van der Waals surface area contributed by atoms with E-state index in [0.29, 0.717) is 18.3 Å². The minimum Gasteiger partial charge on any atom is -0.383 e. The summed E-state index contributed by atoms with van der Waals surface area (Å²) in [6.07, 6.45) is 1.71. The van der Waals surface area contributed by atoms with Gasteiger partial charge in [-0.15, -0.1) is 0 Å². The van der Waals surface area contributed by atoms with E-state index < -0.39 is 0 Å². The van der Waals surface area contributed by atoms with Gasteiger partial charge in [0, 0.05) is 13.7 Å². The molecule has 86 valence electrons. The van der Waals surface area contributed by atoms with Gasteiger partial charge in [-0.3, -0.25) is 5.43 Å². The van der Waals surface area contributed by atoms with Crippen molar-refractivity contribution in [1.82, 2.24) is 10.7 Å². The van der Waals surface area contributed by atoms with E-state index in [4.69, 9.17) is 17.0 Å². The fraction of sp³-hybridized carbons (Fsp3) is 0.273. The molecule has 0 unspecified atom stereocenters. The highest BCUT2D eigenvalue weighted by Gasteiger charge is 1.90. The molecule has 0 aromatic heterocycles. The number of ether oxygens (including phenoxy) is 1. The quantitative estimate of drug-likeness (QED) is 0.349. The first kappa shape index (κ1) is 12.6. The number of hydrazone groups is 1. The molecule has 0 heterocycles. The van der Waals surface area contributed by atoms with Gasteiger partial charge in [0.25, 0.3) is 0 Å². The number of hydrogen-bond donors (Lipinski definition) is 2. The summed E-state index contributed by atoms with van der Waals surface area (Å²) in [5.41, 5.74) is 3.75. The number of nitrogens with zero attached hydrogens (tertiary/aromatic N) is 1. The first-order valence-electron chi connectivity index (χ1n) is 4.94. The van der Waals surface area contributed by atoms with E-state index >= 15 is 0 Å². The van der Waals surface area contributed by atoms with Gasteiger partial charge in [-0.1, -0.05) is 30.3 Å². The maximum atomic E-state index is 4.99. The molecular formula is C11H15N3OS. The van der Waals surface area contributed by atoms with E-state index in [1.165, 1.54) is 0 Å². The number of methoxy groups -OCH3 is 1. The molecule has 2 N–H and O–H groups in total. The lowest BCUT2D eigenvalue weighted by molar-refractivity contribution is 0.204. The van der Waals surface area contributed by atoms with Crippen molar-refractivity contribution in [3.63, 3.8) is 0 Å². The van der Waals surface area contributed by atoms with Crippen molar-refractivity contribution in [2.45, 2.75) is 0 Å². The molecule has 16 heavy (non-hydrogen) atoms. The highest BCUT2D eigenvalue weighted by atomic mass is 32.1. The Morgan fingerprint density at radius 2 is 2.19 bits per heavy atom. The van der Waals surface area contributed by atoms with Gasteiger partial charge in [-0.2, -0.15) is 5.10 Å². The Balaban J connectivity index is 2.24. The predicted octanol–water partition coefficient (Wildman–Crippen LogP) is 1.13. The molecule has 0 radical (unpaired) electrons. The second kappa shape index (κ2) is 7.78. The average Bonchev–Trinajstić information content (AvgIpc) is 2.31. The molecule has 1 aromatic carbocycles. The van der Waals surface area contributed by atoms with Crippen molar-refractivity contribution in [2.24, 2.45) is 5.10 Å². The van der Waals surface area contributed by atoms with Crippen LogP contribution in [0.3, 0.4) is 0 Å². The third-order valence-electron chi connectivity index (χ3n) is 1.77. The van der Waals surface area contributed by atoms with E-state index in [0.717, 1.165) is 5.56 Å². The monoisotopic (exact) mass is 237 g/mol. The van der Waals surface area contributed by atoms with Gasteiger partial charge in [0.2, 0.25) is 0 Å². The van der Waals surface area contributed by atoms with Crippen molar-refractivity contribution in [1.29, 1.82) is 0 Å². The number of hydrogen-bond acceptors (Lipinski definition) is 3. The van der Waals surface area contributed by atoms with Gasteiger partial charge in [0.15, 0.2) is 5.11 Å². The summed E-state index contributed by atoms with van der Waals surface area (Å²) in [7, 11) is 1.64. The maximum Gasteiger partial charge on any atom is 0.187 e. The molecule has 1 rings (SSSR count). The smallest absolute Gasteiger partial charge is 0.187 e. The summed E-state index contributed by atoms with van der Waals surface area (Å²) in [4.78, 5) is 0. The molecule has 0 amide bonds. The zero-order valence-corrected chi connectivity index (χ0v) is 9.96. The van der Waals surface area contributed by atoms with Crippen LogP contribution in [0.4, 0.5) is 0 Å². The minimum absolute atomic E-state index is 0.490. The fourth-order valence-electron chi connectivity index (χ4n) is 1.01. The largest absolute Gasteiger partial charge is 0.383 e. The average molecular weight is 237 g/mol. The molecule has 0 aliphatic rings. The number of nitrogens with one attached hydrogen (secondary N) is 2. The van der Waals surface area contributed by atoms with Crippen molar-refractivity contribution in [3.05, 3.63) is 35.9 Å². The minimum atomic E-state index is 0.490. The zero-order valence-electron chi connectivity index (χ0n) is 9.14. The van der Waals surface area contributed by atoms with Crippen LogP contribution in [-0.4, -0.2) is 31.6 Å². The van der Waals surface area contributed by atoms with Crippen molar-refractivity contribution in [2.75, 3.05) is 20.3 Å². The fourth-order valence-corrected chi connectivity index (χ4v) is 1.17. The normalized spacial score (nSPS) is 10.3. The van der Waals surface area contributed by atoms with E-state index in [-0.39, 0.29) is 0 Å². The Labute approximate surface area is 101 Å². The van der Waals surface area contributed by atoms with Gasteiger partial charge in [-0.25, -0.2) is 0 Å². The topological polar surface area (TPSA) is 45.6 Å². The molecule has 5 heteroatoms. The summed E-state index contributed by atoms with van der Waals surface area (Å²) in [5.74, 6) is 0. The Morgan fingerprint density at radius 3 is 2.88 bits per heavy atom. The Morgan fingerprint density at radius 1 is 1.44 bits per heavy atom. The highest BCUT2D eigenvalue weighted by Crippen LogP contribution is 1.92. The molecular weight excluding hydrogens is 222 g/mol. The second-order valence-electron chi connectivity index (χ2n) is 3.03. The molecule has 0 aliphatic heterocycles. The first-order chi connectivity index (χ1) is 7.83. The van der Waals surface area contributed by atoms with Crippen LogP contribution >= 0.6 is 12.2 Å². The van der Waals surface area contributed by atoms with Gasteiger partial charge in [0.1, 0.15) is 0 Å². The summed E-state index contributed by atoms with van der Waals surface area (Å²) in [6, 6.07) is 9.80. The summed E-state index contributed by atoms with van der Waals surface area (Å²) >= 11 is 4.99. The zero-order chi connectivity index (χ0) is 11.6. The van der Waals surface area contributed by atoms with Crippen LogP contribution in [0.5, 0.6) is 0 Å². The molecule has 0 atom stereocenters. The lowest BCUT2D eigenvalue weighted by Gasteiger charge is -2.05. The van der Waals surface area contributed by atoms with Crippen LogP contribution < -0.4 is 10.7 Å². The Kier molecular flexibility index (Phi) is 6.13. The third-order valence-corrected chi connectivity index (χ3v) is 2.01. The molecule has 1 aromatic rings.